The second-order valence-electron chi connectivity index (χ2n) is 4.98. The lowest BCUT2D eigenvalue weighted by Crippen LogP contribution is -2.36. The highest BCUT2D eigenvalue weighted by Crippen LogP contribution is 2.15. The van der Waals surface area contributed by atoms with E-state index in [1.807, 2.05) is 30.3 Å². The molecule has 0 aromatic heterocycles. The van der Waals surface area contributed by atoms with E-state index in [0.717, 1.165) is 5.56 Å². The summed E-state index contributed by atoms with van der Waals surface area (Å²) >= 11 is 0. The van der Waals surface area contributed by atoms with Crippen molar-refractivity contribution in [2.24, 2.45) is 0 Å². The SMILES string of the molecule is O=C(NCC(O)Cc1ccccc1)Nc1ccc([N+](=O)[O-])cc1. The molecule has 2 amide bonds. The minimum absolute atomic E-state index is 0.0470. The average Bonchev–Trinajstić information content (AvgIpc) is 2.54. The summed E-state index contributed by atoms with van der Waals surface area (Å²) in [5.41, 5.74) is 1.37. The van der Waals surface area contributed by atoms with Gasteiger partial charge in [0.05, 0.1) is 11.0 Å². The van der Waals surface area contributed by atoms with Crippen LogP contribution in [0.3, 0.4) is 0 Å². The molecule has 0 aliphatic rings. The normalized spacial score (nSPS) is 11.5. The number of nitro benzene ring substituents is 1. The highest BCUT2D eigenvalue weighted by atomic mass is 16.6. The maximum atomic E-state index is 11.7. The van der Waals surface area contributed by atoms with Gasteiger partial charge in [-0.1, -0.05) is 30.3 Å². The summed E-state index contributed by atoms with van der Waals surface area (Å²) in [7, 11) is 0. The molecule has 7 heteroatoms. The number of nitro groups is 1. The number of carbonyl (C=O) groups is 1. The number of carbonyl (C=O) groups excluding carboxylic acids is 1. The third kappa shape index (κ3) is 5.40. The molecule has 0 aliphatic carbocycles. The van der Waals surface area contributed by atoms with Crippen LogP contribution < -0.4 is 10.6 Å². The predicted molar refractivity (Wildman–Crippen MR) is 86.3 cm³/mol. The Morgan fingerprint density at radius 2 is 1.78 bits per heavy atom. The van der Waals surface area contributed by atoms with Gasteiger partial charge in [-0.05, 0) is 17.7 Å². The van der Waals surface area contributed by atoms with Crippen LogP contribution in [0.4, 0.5) is 16.2 Å². The number of aliphatic hydroxyl groups is 1. The first-order valence-electron chi connectivity index (χ1n) is 7.06. The van der Waals surface area contributed by atoms with Crippen molar-refractivity contribution in [1.29, 1.82) is 0 Å². The molecule has 0 heterocycles. The largest absolute Gasteiger partial charge is 0.391 e. The van der Waals surface area contributed by atoms with Crippen molar-refractivity contribution in [3.63, 3.8) is 0 Å². The highest BCUT2D eigenvalue weighted by Gasteiger charge is 2.09. The Kier molecular flexibility index (Phi) is 5.65. The Hall–Kier alpha value is -2.93. The van der Waals surface area contributed by atoms with Crippen LogP contribution in [-0.4, -0.2) is 28.7 Å². The monoisotopic (exact) mass is 315 g/mol. The van der Waals surface area contributed by atoms with Crippen molar-refractivity contribution in [3.8, 4) is 0 Å². The lowest BCUT2D eigenvalue weighted by Gasteiger charge is -2.12. The number of hydrogen-bond acceptors (Lipinski definition) is 4. The van der Waals surface area contributed by atoms with Crippen molar-refractivity contribution in [2.75, 3.05) is 11.9 Å². The van der Waals surface area contributed by atoms with Gasteiger partial charge in [0.2, 0.25) is 0 Å². The Morgan fingerprint density at radius 1 is 1.13 bits per heavy atom. The molecule has 7 nitrogen and oxygen atoms in total. The zero-order chi connectivity index (χ0) is 16.7. The van der Waals surface area contributed by atoms with Gasteiger partial charge in [-0.15, -0.1) is 0 Å². The van der Waals surface area contributed by atoms with Crippen LogP contribution in [0.25, 0.3) is 0 Å². The highest BCUT2D eigenvalue weighted by molar-refractivity contribution is 5.89. The number of benzene rings is 2. The number of hydrogen-bond donors (Lipinski definition) is 3. The first-order valence-corrected chi connectivity index (χ1v) is 7.06. The van der Waals surface area contributed by atoms with Crippen molar-refractivity contribution in [2.45, 2.75) is 12.5 Å². The first kappa shape index (κ1) is 16.4. The number of non-ortho nitro benzene ring substituents is 1. The Bertz CT molecular complexity index is 659. The fraction of sp³-hybridized carbons (Fsp3) is 0.188. The van der Waals surface area contributed by atoms with E-state index < -0.39 is 17.1 Å². The van der Waals surface area contributed by atoms with Crippen LogP contribution in [0, 0.1) is 10.1 Å². The lowest BCUT2D eigenvalue weighted by atomic mass is 10.1. The van der Waals surface area contributed by atoms with Crippen molar-refractivity contribution in [3.05, 3.63) is 70.3 Å². The summed E-state index contributed by atoms with van der Waals surface area (Å²) in [6.45, 7) is 0.105. The van der Waals surface area contributed by atoms with E-state index in [4.69, 9.17) is 0 Å². The van der Waals surface area contributed by atoms with Crippen LogP contribution in [0.1, 0.15) is 5.56 Å². The molecule has 1 unspecified atom stereocenters. The maximum Gasteiger partial charge on any atom is 0.319 e. The molecule has 3 N–H and O–H groups in total. The maximum absolute atomic E-state index is 11.7. The molecule has 0 saturated carbocycles. The third-order valence-electron chi connectivity index (χ3n) is 3.15. The summed E-state index contributed by atoms with van der Waals surface area (Å²) < 4.78 is 0. The average molecular weight is 315 g/mol. The van der Waals surface area contributed by atoms with E-state index in [-0.39, 0.29) is 12.2 Å². The molecule has 0 radical (unpaired) electrons. The molecular weight excluding hydrogens is 298 g/mol. The molecule has 120 valence electrons. The minimum atomic E-state index is -0.694. The van der Waals surface area contributed by atoms with Crippen molar-refractivity contribution < 1.29 is 14.8 Å². The molecule has 0 aliphatic heterocycles. The van der Waals surface area contributed by atoms with Gasteiger partial charge in [-0.25, -0.2) is 4.79 Å². The number of amides is 2. The van der Waals surface area contributed by atoms with Gasteiger partial charge < -0.3 is 15.7 Å². The van der Waals surface area contributed by atoms with Crippen LogP contribution in [0.5, 0.6) is 0 Å². The minimum Gasteiger partial charge on any atom is -0.391 e. The quantitative estimate of drug-likeness (QED) is 0.562. The Morgan fingerprint density at radius 3 is 2.39 bits per heavy atom. The number of aliphatic hydroxyl groups excluding tert-OH is 1. The molecule has 1 atom stereocenters. The standard InChI is InChI=1S/C16H17N3O4/c20-15(10-12-4-2-1-3-5-12)11-17-16(21)18-13-6-8-14(9-7-13)19(22)23/h1-9,15,20H,10-11H2,(H2,17,18,21). The van der Waals surface area contributed by atoms with Crippen molar-refractivity contribution in [1.82, 2.24) is 5.32 Å². The zero-order valence-corrected chi connectivity index (χ0v) is 12.3. The van der Waals surface area contributed by atoms with Gasteiger partial charge in [-0.2, -0.15) is 0 Å². The van der Waals surface area contributed by atoms with Crippen LogP contribution >= 0.6 is 0 Å². The van der Waals surface area contributed by atoms with Crippen LogP contribution in [0.15, 0.2) is 54.6 Å². The molecule has 2 aromatic rings. The van der Waals surface area contributed by atoms with Crippen LogP contribution in [0.2, 0.25) is 0 Å². The fourth-order valence-corrected chi connectivity index (χ4v) is 2.01. The van der Waals surface area contributed by atoms with E-state index in [0.29, 0.717) is 12.1 Å². The molecule has 0 fully saturated rings. The smallest absolute Gasteiger partial charge is 0.319 e. The Balaban J connectivity index is 1.77. The molecular formula is C16H17N3O4. The number of anilines is 1. The number of urea groups is 1. The van der Waals surface area contributed by atoms with Gasteiger partial charge in [-0.3, -0.25) is 10.1 Å². The lowest BCUT2D eigenvalue weighted by molar-refractivity contribution is -0.384. The molecule has 23 heavy (non-hydrogen) atoms. The zero-order valence-electron chi connectivity index (χ0n) is 12.3. The number of nitrogens with zero attached hydrogens (tertiary/aromatic N) is 1. The predicted octanol–water partition coefficient (Wildman–Crippen LogP) is 2.32. The second-order valence-corrected chi connectivity index (χ2v) is 4.98. The Labute approximate surface area is 133 Å². The third-order valence-corrected chi connectivity index (χ3v) is 3.15. The molecule has 0 saturated heterocycles. The fourth-order valence-electron chi connectivity index (χ4n) is 2.01. The van der Waals surface area contributed by atoms with Gasteiger partial charge in [0.25, 0.3) is 5.69 Å². The van der Waals surface area contributed by atoms with E-state index in [9.17, 15) is 20.0 Å². The first-order chi connectivity index (χ1) is 11.0. The number of rotatable bonds is 6. The molecule has 0 bridgehead atoms. The van der Waals surface area contributed by atoms with Crippen LogP contribution in [-0.2, 0) is 6.42 Å². The summed E-state index contributed by atoms with van der Waals surface area (Å²) in [5, 5.41) is 25.5. The van der Waals surface area contributed by atoms with Gasteiger partial charge in [0, 0.05) is 30.8 Å². The molecule has 2 aromatic carbocycles. The van der Waals surface area contributed by atoms with E-state index in [1.165, 1.54) is 24.3 Å². The van der Waals surface area contributed by atoms with Crippen molar-refractivity contribution >= 4 is 17.4 Å². The second kappa shape index (κ2) is 7.90. The van der Waals surface area contributed by atoms with E-state index in [1.54, 1.807) is 0 Å². The molecule has 0 spiro atoms. The number of nitrogens with one attached hydrogen (secondary N) is 2. The van der Waals surface area contributed by atoms with Gasteiger partial charge >= 0.3 is 6.03 Å². The topological polar surface area (TPSA) is 104 Å². The summed E-state index contributed by atoms with van der Waals surface area (Å²) in [5.74, 6) is 0. The summed E-state index contributed by atoms with van der Waals surface area (Å²) in [6.07, 6.45) is -0.251. The van der Waals surface area contributed by atoms with E-state index in [2.05, 4.69) is 10.6 Å². The van der Waals surface area contributed by atoms with Gasteiger partial charge in [0.15, 0.2) is 0 Å². The van der Waals surface area contributed by atoms with E-state index >= 15 is 0 Å². The molecule has 2 rings (SSSR count). The summed E-state index contributed by atoms with van der Waals surface area (Å²) in [4.78, 5) is 21.8. The van der Waals surface area contributed by atoms with Gasteiger partial charge in [0.1, 0.15) is 0 Å². The summed E-state index contributed by atoms with van der Waals surface area (Å²) in [6, 6.07) is 14.5.